The zero-order valence-corrected chi connectivity index (χ0v) is 15.3. The molecule has 4 heteroatoms. The Morgan fingerprint density at radius 1 is 0.889 bits per heavy atom. The summed E-state index contributed by atoms with van der Waals surface area (Å²) >= 11 is 0. The molecule has 0 radical (unpaired) electrons. The van der Waals surface area contributed by atoms with Crippen molar-refractivity contribution in [1.29, 1.82) is 0 Å². The summed E-state index contributed by atoms with van der Waals surface area (Å²) in [6.07, 6.45) is 0. The molecule has 0 saturated heterocycles. The lowest BCUT2D eigenvalue weighted by Gasteiger charge is -2.37. The maximum absolute atomic E-state index is 4.91. The van der Waals surface area contributed by atoms with Crippen LogP contribution in [0.4, 0.5) is 0 Å². The van der Waals surface area contributed by atoms with E-state index in [1.165, 1.54) is 11.0 Å². The van der Waals surface area contributed by atoms with Crippen molar-refractivity contribution in [2.45, 2.75) is 44.2 Å². The first-order valence-corrected chi connectivity index (χ1v) is 15.2. The molecular weight excluding hydrogens is 269 g/mol. The van der Waals surface area contributed by atoms with Crippen LogP contribution in [0.3, 0.4) is 0 Å². The summed E-state index contributed by atoms with van der Waals surface area (Å²) in [6, 6.07) is 10.8. The minimum absolute atomic E-state index is 0.165. The average molecular weight is 293 g/mol. The summed E-state index contributed by atoms with van der Waals surface area (Å²) in [4.78, 5) is 0.926. The van der Waals surface area contributed by atoms with Gasteiger partial charge < -0.3 is 0 Å². The molecule has 0 bridgehead atoms. The van der Waals surface area contributed by atoms with E-state index in [-0.39, 0.29) is 8.07 Å². The monoisotopic (exact) mass is 293 g/mol. The van der Waals surface area contributed by atoms with Crippen molar-refractivity contribution < 1.29 is 0 Å². The third kappa shape index (κ3) is 3.01. The zero-order valence-electron chi connectivity index (χ0n) is 12.4. The SMILES string of the molecule is C[Si](C)(C)C([P@@]1N=C1c1ccccc1)[Si](C)(C)C. The van der Waals surface area contributed by atoms with Gasteiger partial charge in [0.2, 0.25) is 0 Å². The third-order valence-corrected chi connectivity index (χ3v) is 19.4. The van der Waals surface area contributed by atoms with Crippen molar-refractivity contribution in [2.75, 3.05) is 0 Å². The van der Waals surface area contributed by atoms with E-state index in [9.17, 15) is 0 Å². The molecule has 0 amide bonds. The highest BCUT2D eigenvalue weighted by molar-refractivity contribution is 7.87. The van der Waals surface area contributed by atoms with E-state index in [1.807, 2.05) is 0 Å². The van der Waals surface area contributed by atoms with Gasteiger partial charge in [-0.05, 0) is 4.91 Å². The molecule has 1 aliphatic heterocycles. The number of hydrogen-bond donors (Lipinski definition) is 0. The van der Waals surface area contributed by atoms with Gasteiger partial charge in [0.25, 0.3) is 0 Å². The highest BCUT2D eigenvalue weighted by Crippen LogP contribution is 2.63. The van der Waals surface area contributed by atoms with E-state index in [0.717, 1.165) is 4.91 Å². The summed E-state index contributed by atoms with van der Waals surface area (Å²) in [7, 11) is -2.41. The molecule has 0 spiro atoms. The van der Waals surface area contributed by atoms with Gasteiger partial charge in [0.15, 0.2) is 0 Å². The van der Waals surface area contributed by atoms with Gasteiger partial charge in [0.1, 0.15) is 0 Å². The second-order valence-corrected chi connectivity index (χ2v) is 21.3. The van der Waals surface area contributed by atoms with Gasteiger partial charge in [-0.1, -0.05) is 69.6 Å². The van der Waals surface area contributed by atoms with Gasteiger partial charge in [-0.2, -0.15) is 0 Å². The summed E-state index contributed by atoms with van der Waals surface area (Å²) in [5, 5.41) is 0. The maximum Gasteiger partial charge on any atom is 0.0921 e. The molecule has 1 atom stereocenters. The van der Waals surface area contributed by atoms with Crippen LogP contribution >= 0.6 is 8.07 Å². The minimum atomic E-state index is -1.12. The Kier molecular flexibility index (Phi) is 3.70. The molecule has 2 rings (SSSR count). The fourth-order valence-corrected chi connectivity index (χ4v) is 21.6. The van der Waals surface area contributed by atoms with Crippen molar-refractivity contribution in [1.82, 2.24) is 0 Å². The number of benzene rings is 1. The molecule has 0 saturated carbocycles. The fraction of sp³-hybridized carbons (Fsp3) is 0.500. The molecule has 1 aromatic rings. The molecule has 1 heterocycles. The second kappa shape index (κ2) is 4.70. The topological polar surface area (TPSA) is 12.4 Å². The molecule has 98 valence electrons. The average Bonchev–Trinajstić information content (AvgIpc) is 2.94. The molecule has 0 aromatic heterocycles. The van der Waals surface area contributed by atoms with E-state index in [4.69, 9.17) is 4.76 Å². The maximum atomic E-state index is 4.91. The van der Waals surface area contributed by atoms with Gasteiger partial charge in [-0.3, -0.25) is 4.76 Å². The Morgan fingerprint density at radius 3 is 1.83 bits per heavy atom. The first-order chi connectivity index (χ1) is 8.21. The van der Waals surface area contributed by atoms with E-state index < -0.39 is 16.1 Å². The molecule has 0 unspecified atom stereocenters. The zero-order chi connectivity index (χ0) is 13.6. The van der Waals surface area contributed by atoms with Gasteiger partial charge >= 0.3 is 0 Å². The number of hydrogen-bond acceptors (Lipinski definition) is 1. The van der Waals surface area contributed by atoms with Crippen LogP contribution in [0.1, 0.15) is 5.56 Å². The van der Waals surface area contributed by atoms with Crippen LogP contribution in [0.15, 0.2) is 35.1 Å². The Hall–Kier alpha value is -0.246. The first kappa shape index (κ1) is 14.2. The predicted octanol–water partition coefficient (Wildman–Crippen LogP) is 4.97. The second-order valence-electron chi connectivity index (χ2n) is 7.27. The van der Waals surface area contributed by atoms with Crippen LogP contribution in [-0.4, -0.2) is 26.5 Å². The minimum Gasteiger partial charge on any atom is -0.253 e. The first-order valence-electron chi connectivity index (χ1n) is 6.64. The lowest BCUT2D eigenvalue weighted by Crippen LogP contribution is -2.51. The summed E-state index contributed by atoms with van der Waals surface area (Å²) in [6.45, 7) is 15.1. The van der Waals surface area contributed by atoms with E-state index in [1.54, 1.807) is 0 Å². The van der Waals surface area contributed by atoms with Crippen LogP contribution in [0.25, 0.3) is 0 Å². The Bertz CT molecular complexity index is 443. The van der Waals surface area contributed by atoms with Crippen molar-refractivity contribution in [2.24, 2.45) is 4.76 Å². The number of rotatable bonds is 4. The number of nitrogens with zero attached hydrogens (tertiary/aromatic N) is 1. The summed E-state index contributed by atoms with van der Waals surface area (Å²) in [5.41, 5.74) is 2.80. The molecule has 1 aliphatic rings. The highest BCUT2D eigenvalue weighted by Gasteiger charge is 2.49. The molecule has 1 aromatic carbocycles. The molecule has 1 nitrogen and oxygen atoms in total. The Morgan fingerprint density at radius 2 is 1.39 bits per heavy atom. The smallest absolute Gasteiger partial charge is 0.0921 e. The van der Waals surface area contributed by atoms with Crippen LogP contribution in [0.5, 0.6) is 0 Å². The predicted molar refractivity (Wildman–Crippen MR) is 90.4 cm³/mol. The van der Waals surface area contributed by atoms with Crippen LogP contribution in [-0.2, 0) is 0 Å². The molecule has 0 aliphatic carbocycles. The quantitative estimate of drug-likeness (QED) is 0.549. The lowest BCUT2D eigenvalue weighted by molar-refractivity contribution is 1.45. The van der Waals surface area contributed by atoms with Crippen molar-refractivity contribution in [3.8, 4) is 0 Å². The summed E-state index contributed by atoms with van der Waals surface area (Å²) in [5.74, 6) is 0. The fourth-order valence-electron chi connectivity index (χ4n) is 3.07. The van der Waals surface area contributed by atoms with Gasteiger partial charge in [-0.25, -0.2) is 0 Å². The largest absolute Gasteiger partial charge is 0.253 e. The van der Waals surface area contributed by atoms with Gasteiger partial charge in [0.05, 0.1) is 29.7 Å². The Balaban J connectivity index is 2.19. The van der Waals surface area contributed by atoms with Crippen molar-refractivity contribution in [3.63, 3.8) is 0 Å². The molecular formula is C14H24NPSi2. The van der Waals surface area contributed by atoms with Crippen molar-refractivity contribution >= 4 is 29.7 Å². The highest BCUT2D eigenvalue weighted by atomic mass is 31.1. The molecule has 0 N–H and O–H groups in total. The van der Waals surface area contributed by atoms with E-state index in [2.05, 4.69) is 69.6 Å². The normalized spacial score (nSPS) is 19.9. The molecule has 0 fully saturated rings. The van der Waals surface area contributed by atoms with Gasteiger partial charge in [-0.15, -0.1) is 0 Å². The van der Waals surface area contributed by atoms with E-state index in [0.29, 0.717) is 0 Å². The van der Waals surface area contributed by atoms with Gasteiger partial charge in [0, 0.05) is 5.56 Å². The summed E-state index contributed by atoms with van der Waals surface area (Å²) < 4.78 is 4.91. The molecule has 18 heavy (non-hydrogen) atoms. The van der Waals surface area contributed by atoms with Crippen LogP contribution in [0.2, 0.25) is 39.3 Å². The van der Waals surface area contributed by atoms with Crippen LogP contribution < -0.4 is 0 Å². The van der Waals surface area contributed by atoms with Crippen molar-refractivity contribution in [3.05, 3.63) is 35.9 Å². The Labute approximate surface area is 115 Å². The van der Waals surface area contributed by atoms with E-state index >= 15 is 0 Å². The lowest BCUT2D eigenvalue weighted by atomic mass is 10.2. The van der Waals surface area contributed by atoms with Crippen LogP contribution in [0, 0.1) is 0 Å². The third-order valence-electron chi connectivity index (χ3n) is 3.30. The standard InChI is InChI=1S/C14H24NPSi2/c1-17(2,3)14(18(4,5)6)16-13(15-16)12-10-8-7-9-11-12/h7-11,14H,1-6H3/t16-/m0/s1.